The molecule has 0 saturated carbocycles. The summed E-state index contributed by atoms with van der Waals surface area (Å²) in [4.78, 5) is 10.5. The number of nitrogens with two attached hydrogens (primary N) is 1. The van der Waals surface area contributed by atoms with Gasteiger partial charge in [0.2, 0.25) is 0 Å². The molecule has 2 N–H and O–H groups in total. The number of hydrogen-bond donors (Lipinski definition) is 1. The lowest BCUT2D eigenvalue weighted by Gasteiger charge is -2.07. The molecule has 0 aromatic heterocycles. The van der Waals surface area contributed by atoms with Crippen molar-refractivity contribution in [2.75, 3.05) is 12.3 Å². The first-order valence-corrected chi connectivity index (χ1v) is 4.35. The highest BCUT2D eigenvalue weighted by atomic mass is 16.5. The van der Waals surface area contributed by atoms with Gasteiger partial charge in [-0.2, -0.15) is 0 Å². The van der Waals surface area contributed by atoms with Crippen molar-refractivity contribution in [3.8, 4) is 5.75 Å². The maximum absolute atomic E-state index is 10.5. The Morgan fingerprint density at radius 1 is 1.64 bits per heavy atom. The molecular weight excluding hydrogens is 178 g/mol. The van der Waals surface area contributed by atoms with Gasteiger partial charge in [0.25, 0.3) is 0 Å². The van der Waals surface area contributed by atoms with E-state index in [0.29, 0.717) is 35.5 Å². The molecule has 1 aromatic carbocycles. The van der Waals surface area contributed by atoms with E-state index in [4.69, 9.17) is 10.5 Å². The first kappa shape index (κ1) is 10.3. The van der Waals surface area contributed by atoms with Crippen LogP contribution in [-0.4, -0.2) is 12.9 Å². The summed E-state index contributed by atoms with van der Waals surface area (Å²) < 4.78 is 5.28. The van der Waals surface area contributed by atoms with Crippen molar-refractivity contribution in [1.29, 1.82) is 0 Å². The predicted octanol–water partition coefficient (Wildman–Crippen LogP) is 1.88. The molecule has 0 aliphatic carbocycles. The first-order valence-electron chi connectivity index (χ1n) is 4.35. The summed E-state index contributed by atoms with van der Waals surface area (Å²) in [6.07, 6.45) is 0.682. The van der Waals surface area contributed by atoms with E-state index in [1.54, 1.807) is 18.2 Å². The number of ether oxygens (including phenoxy) is 1. The molecule has 0 atom stereocenters. The third-order valence-electron chi connectivity index (χ3n) is 1.82. The highest BCUT2D eigenvalue weighted by Gasteiger charge is 2.04. The zero-order valence-electron chi connectivity index (χ0n) is 8.12. The summed E-state index contributed by atoms with van der Waals surface area (Å²) in [5.41, 5.74) is 7.22. The number of rotatable bonds is 4. The zero-order chi connectivity index (χ0) is 10.6. The maximum atomic E-state index is 10.5. The largest absolute Gasteiger partial charge is 0.494 e. The maximum Gasteiger partial charge on any atom is 0.150 e. The van der Waals surface area contributed by atoms with Gasteiger partial charge in [-0.15, -0.1) is 0 Å². The molecule has 0 amide bonds. The Morgan fingerprint density at radius 2 is 2.36 bits per heavy atom. The van der Waals surface area contributed by atoms with Crippen molar-refractivity contribution in [3.63, 3.8) is 0 Å². The normalized spacial score (nSPS) is 9.50. The van der Waals surface area contributed by atoms with Crippen LogP contribution in [0.3, 0.4) is 0 Å². The van der Waals surface area contributed by atoms with E-state index in [2.05, 4.69) is 6.58 Å². The van der Waals surface area contributed by atoms with E-state index in [-0.39, 0.29) is 0 Å². The summed E-state index contributed by atoms with van der Waals surface area (Å²) in [6, 6.07) is 5.19. The molecule has 14 heavy (non-hydrogen) atoms. The Kier molecular flexibility index (Phi) is 3.29. The molecule has 0 aliphatic heterocycles. The van der Waals surface area contributed by atoms with Crippen molar-refractivity contribution in [2.45, 2.75) is 6.92 Å². The second kappa shape index (κ2) is 4.46. The molecule has 74 valence electrons. The number of nitrogen functional groups attached to an aromatic ring is 1. The summed E-state index contributed by atoms with van der Waals surface area (Å²) in [6.45, 7) is 6.08. The number of anilines is 1. The molecule has 0 unspecified atom stereocenters. The van der Waals surface area contributed by atoms with E-state index >= 15 is 0 Å². The molecule has 0 heterocycles. The molecule has 0 saturated heterocycles. The Morgan fingerprint density at radius 3 is 2.93 bits per heavy atom. The number of allylic oxidation sites excluding steroid dienone is 1. The lowest BCUT2D eigenvalue weighted by Crippen LogP contribution is -1.97. The van der Waals surface area contributed by atoms with E-state index in [9.17, 15) is 4.79 Å². The van der Waals surface area contributed by atoms with Gasteiger partial charge in [-0.1, -0.05) is 6.58 Å². The van der Waals surface area contributed by atoms with Crippen LogP contribution < -0.4 is 10.5 Å². The minimum Gasteiger partial charge on any atom is -0.494 e. The highest BCUT2D eigenvalue weighted by Crippen LogP contribution is 2.24. The molecule has 0 fully saturated rings. The average Bonchev–Trinajstić information content (AvgIpc) is 2.20. The van der Waals surface area contributed by atoms with Crippen molar-refractivity contribution < 1.29 is 9.53 Å². The molecule has 0 aliphatic rings. The third kappa shape index (κ3) is 2.13. The fourth-order valence-electron chi connectivity index (χ4n) is 1.13. The van der Waals surface area contributed by atoms with Gasteiger partial charge in [0.05, 0.1) is 6.61 Å². The van der Waals surface area contributed by atoms with Crippen LogP contribution in [0.2, 0.25) is 0 Å². The lowest BCUT2D eigenvalue weighted by molar-refractivity contribution is -0.103. The zero-order valence-corrected chi connectivity index (χ0v) is 8.12. The number of carbonyl (C=O) groups is 1. The van der Waals surface area contributed by atoms with Crippen molar-refractivity contribution in [2.24, 2.45) is 0 Å². The van der Waals surface area contributed by atoms with Gasteiger partial charge in [0.1, 0.15) is 12.0 Å². The van der Waals surface area contributed by atoms with Gasteiger partial charge in [-0.05, 0) is 25.1 Å². The third-order valence-corrected chi connectivity index (χ3v) is 1.82. The van der Waals surface area contributed by atoms with E-state index in [0.717, 1.165) is 0 Å². The minimum atomic E-state index is 0.365. The SMILES string of the molecule is C=C(C=O)c1cc(OCC)ccc1N. The molecule has 1 aromatic rings. The van der Waals surface area contributed by atoms with Crippen LogP contribution in [0.5, 0.6) is 5.75 Å². The number of carbonyl (C=O) groups excluding carboxylic acids is 1. The molecule has 0 radical (unpaired) electrons. The quantitative estimate of drug-likeness (QED) is 0.449. The second-order valence-corrected chi connectivity index (χ2v) is 2.83. The van der Waals surface area contributed by atoms with Crippen LogP contribution in [0.25, 0.3) is 5.57 Å². The Balaban J connectivity index is 3.07. The Bertz CT molecular complexity index is 358. The van der Waals surface area contributed by atoms with Crippen LogP contribution in [0, 0.1) is 0 Å². The van der Waals surface area contributed by atoms with Crippen LogP contribution in [-0.2, 0) is 4.79 Å². The number of hydrogen-bond acceptors (Lipinski definition) is 3. The molecular formula is C11H13NO2. The molecule has 3 heteroatoms. The topological polar surface area (TPSA) is 52.3 Å². The van der Waals surface area contributed by atoms with Gasteiger partial charge < -0.3 is 10.5 Å². The standard InChI is InChI=1S/C11H13NO2/c1-3-14-9-4-5-11(12)10(6-9)8(2)7-13/h4-7H,2-3,12H2,1H3. The van der Waals surface area contributed by atoms with Gasteiger partial charge in [0, 0.05) is 16.8 Å². The Labute approximate surface area is 83.2 Å². The monoisotopic (exact) mass is 191 g/mol. The van der Waals surface area contributed by atoms with Gasteiger partial charge in [-0.3, -0.25) is 4.79 Å². The Hall–Kier alpha value is -1.77. The molecule has 1 rings (SSSR count). The highest BCUT2D eigenvalue weighted by molar-refractivity contribution is 6.08. The summed E-state index contributed by atoms with van der Waals surface area (Å²) >= 11 is 0. The number of aldehydes is 1. The fraction of sp³-hybridized carbons (Fsp3) is 0.182. The molecule has 3 nitrogen and oxygen atoms in total. The van der Waals surface area contributed by atoms with Crippen molar-refractivity contribution >= 4 is 17.5 Å². The van der Waals surface area contributed by atoms with E-state index < -0.39 is 0 Å². The van der Waals surface area contributed by atoms with E-state index in [1.807, 2.05) is 6.92 Å². The summed E-state index contributed by atoms with van der Waals surface area (Å²) in [7, 11) is 0. The van der Waals surface area contributed by atoms with Gasteiger partial charge >= 0.3 is 0 Å². The first-order chi connectivity index (χ1) is 6.69. The average molecular weight is 191 g/mol. The van der Waals surface area contributed by atoms with Crippen LogP contribution in [0.15, 0.2) is 24.8 Å². The fourth-order valence-corrected chi connectivity index (χ4v) is 1.13. The van der Waals surface area contributed by atoms with Crippen molar-refractivity contribution in [1.82, 2.24) is 0 Å². The molecule has 0 bridgehead atoms. The van der Waals surface area contributed by atoms with Crippen molar-refractivity contribution in [3.05, 3.63) is 30.3 Å². The van der Waals surface area contributed by atoms with E-state index in [1.165, 1.54) is 0 Å². The minimum absolute atomic E-state index is 0.365. The second-order valence-electron chi connectivity index (χ2n) is 2.83. The predicted molar refractivity (Wildman–Crippen MR) is 57.1 cm³/mol. The number of benzene rings is 1. The molecule has 0 spiro atoms. The van der Waals surface area contributed by atoms with Gasteiger partial charge in [0.15, 0.2) is 0 Å². The van der Waals surface area contributed by atoms with Crippen LogP contribution in [0.1, 0.15) is 12.5 Å². The summed E-state index contributed by atoms with van der Waals surface area (Å²) in [5, 5.41) is 0. The smallest absolute Gasteiger partial charge is 0.150 e. The van der Waals surface area contributed by atoms with Gasteiger partial charge in [-0.25, -0.2) is 0 Å². The van der Waals surface area contributed by atoms with Crippen LogP contribution >= 0.6 is 0 Å². The lowest BCUT2D eigenvalue weighted by atomic mass is 10.1. The van der Waals surface area contributed by atoms with Crippen LogP contribution in [0.4, 0.5) is 5.69 Å². The summed E-state index contributed by atoms with van der Waals surface area (Å²) in [5.74, 6) is 0.694.